The lowest BCUT2D eigenvalue weighted by Gasteiger charge is -2.04. The van der Waals surface area contributed by atoms with E-state index in [0.717, 1.165) is 19.3 Å². The van der Waals surface area contributed by atoms with Gasteiger partial charge < -0.3 is 5.73 Å². The van der Waals surface area contributed by atoms with Crippen molar-refractivity contribution >= 4 is 0 Å². The predicted octanol–water partition coefficient (Wildman–Crippen LogP) is 2.85. The summed E-state index contributed by atoms with van der Waals surface area (Å²) in [6.07, 6.45) is -0.954. The number of alkyl halides is 3. The zero-order chi connectivity index (χ0) is 9.45. The first-order valence-corrected chi connectivity index (χ1v) is 4.33. The summed E-state index contributed by atoms with van der Waals surface area (Å²) in [5.41, 5.74) is 5.23. The van der Waals surface area contributed by atoms with Crippen LogP contribution in [0, 0.1) is 0 Å². The quantitative estimate of drug-likeness (QED) is 0.629. The van der Waals surface area contributed by atoms with Gasteiger partial charge in [-0.1, -0.05) is 19.3 Å². The van der Waals surface area contributed by atoms with Gasteiger partial charge in [-0.2, -0.15) is 13.2 Å². The molecule has 1 nitrogen and oxygen atoms in total. The highest BCUT2D eigenvalue weighted by molar-refractivity contribution is 4.51. The third kappa shape index (κ3) is 9.75. The predicted molar refractivity (Wildman–Crippen MR) is 42.8 cm³/mol. The Morgan fingerprint density at radius 3 is 1.83 bits per heavy atom. The fraction of sp³-hybridized carbons (Fsp3) is 1.00. The average molecular weight is 183 g/mol. The summed E-state index contributed by atoms with van der Waals surface area (Å²) < 4.78 is 34.8. The molecule has 0 amide bonds. The maximum Gasteiger partial charge on any atom is 0.389 e. The second-order valence-corrected chi connectivity index (χ2v) is 2.92. The molecule has 0 aliphatic rings. The van der Waals surface area contributed by atoms with Crippen molar-refractivity contribution in [3.05, 3.63) is 0 Å². The van der Waals surface area contributed by atoms with Crippen LogP contribution >= 0.6 is 0 Å². The molecular formula is C8H16F3N. The lowest BCUT2D eigenvalue weighted by atomic mass is 10.1. The summed E-state index contributed by atoms with van der Waals surface area (Å²) in [5, 5.41) is 0. The molecule has 12 heavy (non-hydrogen) atoms. The van der Waals surface area contributed by atoms with Crippen molar-refractivity contribution in [1.82, 2.24) is 0 Å². The highest BCUT2D eigenvalue weighted by Gasteiger charge is 2.25. The van der Waals surface area contributed by atoms with Gasteiger partial charge in [-0.25, -0.2) is 0 Å². The molecule has 0 heterocycles. The van der Waals surface area contributed by atoms with Gasteiger partial charge in [-0.05, 0) is 19.4 Å². The highest BCUT2D eigenvalue weighted by atomic mass is 19.4. The average Bonchev–Trinajstić information content (AvgIpc) is 1.94. The molecule has 4 heteroatoms. The van der Waals surface area contributed by atoms with E-state index in [-0.39, 0.29) is 6.42 Å². The molecule has 0 saturated heterocycles. The molecule has 0 aromatic heterocycles. The van der Waals surface area contributed by atoms with Gasteiger partial charge in [-0.3, -0.25) is 0 Å². The Morgan fingerprint density at radius 1 is 0.833 bits per heavy atom. The zero-order valence-electron chi connectivity index (χ0n) is 7.16. The number of hydrogen-bond donors (Lipinski definition) is 1. The van der Waals surface area contributed by atoms with Crippen LogP contribution in [0.1, 0.15) is 38.5 Å². The van der Waals surface area contributed by atoms with E-state index in [0.29, 0.717) is 13.0 Å². The molecule has 0 saturated carbocycles. The van der Waals surface area contributed by atoms with Gasteiger partial charge in [-0.15, -0.1) is 0 Å². The van der Waals surface area contributed by atoms with Crippen molar-refractivity contribution in [2.24, 2.45) is 5.73 Å². The van der Waals surface area contributed by atoms with Crippen LogP contribution in [0.25, 0.3) is 0 Å². The summed E-state index contributed by atoms with van der Waals surface area (Å²) in [5.74, 6) is 0. The number of unbranched alkanes of at least 4 members (excludes halogenated alkanes) is 4. The van der Waals surface area contributed by atoms with Crippen LogP contribution in [0.4, 0.5) is 13.2 Å². The number of hydrogen-bond acceptors (Lipinski definition) is 1. The van der Waals surface area contributed by atoms with Gasteiger partial charge in [0, 0.05) is 6.42 Å². The molecule has 0 radical (unpaired) electrons. The van der Waals surface area contributed by atoms with Crippen LogP contribution in [-0.4, -0.2) is 12.7 Å². The summed E-state index contributed by atoms with van der Waals surface area (Å²) in [4.78, 5) is 0. The van der Waals surface area contributed by atoms with E-state index in [9.17, 15) is 13.2 Å². The van der Waals surface area contributed by atoms with Crippen LogP contribution < -0.4 is 5.73 Å². The Hall–Kier alpha value is -0.250. The van der Waals surface area contributed by atoms with E-state index in [2.05, 4.69) is 0 Å². The standard InChI is InChI=1S/C8H16F3N/c9-8(10,11)6-4-2-1-3-5-7-12/h1-7,12H2. The molecule has 0 fully saturated rings. The fourth-order valence-corrected chi connectivity index (χ4v) is 1.00. The van der Waals surface area contributed by atoms with Crippen molar-refractivity contribution in [2.75, 3.05) is 6.54 Å². The van der Waals surface area contributed by atoms with Crippen molar-refractivity contribution in [3.63, 3.8) is 0 Å². The highest BCUT2D eigenvalue weighted by Crippen LogP contribution is 2.22. The Kier molecular flexibility index (Phi) is 6.16. The Morgan fingerprint density at radius 2 is 1.33 bits per heavy atom. The largest absolute Gasteiger partial charge is 0.389 e. The van der Waals surface area contributed by atoms with E-state index in [4.69, 9.17) is 5.73 Å². The first-order chi connectivity index (χ1) is 5.56. The Balaban J connectivity index is 3.01. The summed E-state index contributed by atoms with van der Waals surface area (Å²) in [6.45, 7) is 0.638. The molecule has 0 aromatic carbocycles. The molecule has 74 valence electrons. The summed E-state index contributed by atoms with van der Waals surface area (Å²) in [6, 6.07) is 0. The van der Waals surface area contributed by atoms with Crippen LogP contribution in [0.3, 0.4) is 0 Å². The number of halogens is 3. The smallest absolute Gasteiger partial charge is 0.330 e. The lowest BCUT2D eigenvalue weighted by molar-refractivity contribution is -0.135. The molecule has 0 aliphatic heterocycles. The van der Waals surface area contributed by atoms with Crippen molar-refractivity contribution in [2.45, 2.75) is 44.7 Å². The first kappa shape index (κ1) is 11.8. The Labute approximate surface area is 71.1 Å². The molecule has 0 unspecified atom stereocenters. The first-order valence-electron chi connectivity index (χ1n) is 4.33. The minimum atomic E-state index is -3.98. The van der Waals surface area contributed by atoms with Gasteiger partial charge in [0.2, 0.25) is 0 Å². The molecule has 2 N–H and O–H groups in total. The van der Waals surface area contributed by atoms with E-state index < -0.39 is 12.6 Å². The monoisotopic (exact) mass is 183 g/mol. The van der Waals surface area contributed by atoms with Gasteiger partial charge in [0.15, 0.2) is 0 Å². The van der Waals surface area contributed by atoms with E-state index in [1.807, 2.05) is 0 Å². The van der Waals surface area contributed by atoms with E-state index in [1.165, 1.54) is 0 Å². The van der Waals surface area contributed by atoms with Crippen molar-refractivity contribution in [3.8, 4) is 0 Å². The summed E-state index contributed by atoms with van der Waals surface area (Å²) >= 11 is 0. The van der Waals surface area contributed by atoms with Gasteiger partial charge in [0.1, 0.15) is 0 Å². The molecule has 0 atom stereocenters. The maximum absolute atomic E-state index is 11.6. The molecule has 0 spiro atoms. The van der Waals surface area contributed by atoms with E-state index >= 15 is 0 Å². The van der Waals surface area contributed by atoms with E-state index in [1.54, 1.807) is 0 Å². The molecule has 0 rings (SSSR count). The van der Waals surface area contributed by atoms with Crippen LogP contribution in [0.15, 0.2) is 0 Å². The lowest BCUT2D eigenvalue weighted by Crippen LogP contribution is -2.06. The normalized spacial score (nSPS) is 12.0. The topological polar surface area (TPSA) is 26.0 Å². The van der Waals surface area contributed by atoms with Crippen LogP contribution in [-0.2, 0) is 0 Å². The van der Waals surface area contributed by atoms with Gasteiger partial charge >= 0.3 is 6.18 Å². The van der Waals surface area contributed by atoms with Gasteiger partial charge in [0.05, 0.1) is 0 Å². The number of rotatable bonds is 6. The third-order valence-corrected chi connectivity index (χ3v) is 1.66. The second-order valence-electron chi connectivity index (χ2n) is 2.92. The molecular weight excluding hydrogens is 167 g/mol. The van der Waals surface area contributed by atoms with Crippen LogP contribution in [0.2, 0.25) is 0 Å². The third-order valence-electron chi connectivity index (χ3n) is 1.66. The minimum absolute atomic E-state index is 0.258. The minimum Gasteiger partial charge on any atom is -0.330 e. The summed E-state index contributed by atoms with van der Waals surface area (Å²) in [7, 11) is 0. The maximum atomic E-state index is 11.6. The SMILES string of the molecule is NCCCCCCCC(F)(F)F. The Bertz CT molecular complexity index is 101. The molecule has 0 aliphatic carbocycles. The van der Waals surface area contributed by atoms with Crippen molar-refractivity contribution in [1.29, 1.82) is 0 Å². The van der Waals surface area contributed by atoms with Crippen LogP contribution in [0.5, 0.6) is 0 Å². The second kappa shape index (κ2) is 6.29. The number of nitrogens with two attached hydrogens (primary N) is 1. The van der Waals surface area contributed by atoms with Gasteiger partial charge in [0.25, 0.3) is 0 Å². The fourth-order valence-electron chi connectivity index (χ4n) is 1.00. The van der Waals surface area contributed by atoms with Crippen molar-refractivity contribution < 1.29 is 13.2 Å². The zero-order valence-corrected chi connectivity index (χ0v) is 7.16. The molecule has 0 aromatic rings. The molecule has 0 bridgehead atoms.